The molecule has 5 heteroatoms. The Hall–Kier alpha value is -0.680. The van der Waals surface area contributed by atoms with Crippen LogP contribution in [-0.2, 0) is 0 Å². The smallest absolute Gasteiger partial charge is 0.208 e. The number of hydrogen-bond donors (Lipinski definition) is 1. The lowest BCUT2D eigenvalue weighted by Gasteiger charge is -2.34. The van der Waals surface area contributed by atoms with Crippen molar-refractivity contribution in [3.05, 3.63) is 5.51 Å². The third-order valence-corrected chi connectivity index (χ3v) is 4.08. The van der Waals surface area contributed by atoms with Gasteiger partial charge in [0.1, 0.15) is 5.51 Å². The van der Waals surface area contributed by atoms with Crippen LogP contribution in [0.4, 0.5) is 5.13 Å². The fourth-order valence-corrected chi connectivity index (χ4v) is 2.83. The molecule has 0 amide bonds. The first-order chi connectivity index (χ1) is 7.31. The first-order valence-electron chi connectivity index (χ1n) is 5.47. The van der Waals surface area contributed by atoms with Crippen molar-refractivity contribution >= 4 is 16.5 Å². The van der Waals surface area contributed by atoms with Gasteiger partial charge in [0.05, 0.1) is 0 Å². The van der Waals surface area contributed by atoms with Crippen LogP contribution in [0.1, 0.15) is 25.7 Å². The second-order valence-electron chi connectivity index (χ2n) is 4.13. The normalized spacial score (nSPS) is 26.5. The van der Waals surface area contributed by atoms with Gasteiger partial charge >= 0.3 is 0 Å². The summed E-state index contributed by atoms with van der Waals surface area (Å²) in [6.07, 6.45) is 5.04. The predicted molar refractivity (Wildman–Crippen MR) is 63.4 cm³/mol. The minimum atomic E-state index is 0.641. The van der Waals surface area contributed by atoms with E-state index >= 15 is 0 Å². The summed E-state index contributed by atoms with van der Waals surface area (Å²) in [6, 6.07) is 1.35. The number of hydrogen-bond acceptors (Lipinski definition) is 5. The molecule has 2 rings (SSSR count). The van der Waals surface area contributed by atoms with Crippen LogP contribution in [0.5, 0.6) is 0 Å². The average Bonchev–Trinajstić information content (AvgIpc) is 2.82. The Morgan fingerprint density at radius 1 is 1.40 bits per heavy atom. The summed E-state index contributed by atoms with van der Waals surface area (Å²) in [5, 5.41) is 12.4. The van der Waals surface area contributed by atoms with Gasteiger partial charge in [0.2, 0.25) is 5.13 Å². The highest BCUT2D eigenvalue weighted by Crippen LogP contribution is 2.26. The molecule has 1 aliphatic rings. The lowest BCUT2D eigenvalue weighted by Crippen LogP contribution is -2.39. The SMILES string of the molecule is CNC1CCC(N(C)c2nncs2)CC1. The third kappa shape index (κ3) is 2.46. The van der Waals surface area contributed by atoms with Crippen molar-refractivity contribution in [3.8, 4) is 0 Å². The largest absolute Gasteiger partial charge is 0.347 e. The van der Waals surface area contributed by atoms with Crippen LogP contribution in [0.3, 0.4) is 0 Å². The summed E-state index contributed by atoms with van der Waals surface area (Å²) in [4.78, 5) is 2.28. The lowest BCUT2D eigenvalue weighted by molar-refractivity contribution is 0.351. The molecule has 0 radical (unpaired) electrons. The second-order valence-corrected chi connectivity index (χ2v) is 4.94. The maximum absolute atomic E-state index is 4.11. The fraction of sp³-hybridized carbons (Fsp3) is 0.800. The number of rotatable bonds is 3. The molecule has 1 N–H and O–H groups in total. The topological polar surface area (TPSA) is 41.0 Å². The number of nitrogens with zero attached hydrogens (tertiary/aromatic N) is 3. The van der Waals surface area contributed by atoms with E-state index in [-0.39, 0.29) is 0 Å². The van der Waals surface area contributed by atoms with Crippen molar-refractivity contribution < 1.29 is 0 Å². The zero-order valence-corrected chi connectivity index (χ0v) is 10.1. The molecule has 84 valence electrons. The molecule has 0 bridgehead atoms. The van der Waals surface area contributed by atoms with Crippen LogP contribution in [0.25, 0.3) is 0 Å². The molecule has 1 saturated carbocycles. The summed E-state index contributed by atoms with van der Waals surface area (Å²) in [5.74, 6) is 0. The minimum absolute atomic E-state index is 0.641. The van der Waals surface area contributed by atoms with Crippen molar-refractivity contribution in [2.24, 2.45) is 0 Å². The molecule has 1 aliphatic carbocycles. The van der Waals surface area contributed by atoms with Crippen LogP contribution >= 0.6 is 11.3 Å². The van der Waals surface area contributed by atoms with Gasteiger partial charge in [0.15, 0.2) is 0 Å². The van der Waals surface area contributed by atoms with Crippen molar-refractivity contribution in [2.45, 2.75) is 37.8 Å². The van der Waals surface area contributed by atoms with E-state index in [4.69, 9.17) is 0 Å². The van der Waals surface area contributed by atoms with E-state index in [1.54, 1.807) is 16.8 Å². The zero-order valence-electron chi connectivity index (χ0n) is 9.31. The van der Waals surface area contributed by atoms with Gasteiger partial charge in [-0.1, -0.05) is 11.3 Å². The maximum atomic E-state index is 4.11. The van der Waals surface area contributed by atoms with Crippen molar-refractivity contribution in [1.29, 1.82) is 0 Å². The van der Waals surface area contributed by atoms with E-state index in [0.29, 0.717) is 12.1 Å². The van der Waals surface area contributed by atoms with E-state index < -0.39 is 0 Å². The molecule has 0 aromatic carbocycles. The van der Waals surface area contributed by atoms with Gasteiger partial charge in [-0.25, -0.2) is 0 Å². The molecule has 1 fully saturated rings. The van der Waals surface area contributed by atoms with E-state index in [1.165, 1.54) is 25.7 Å². The standard InChI is InChI=1S/C10H18N4S/c1-11-8-3-5-9(6-4-8)14(2)10-13-12-7-15-10/h7-9,11H,3-6H2,1-2H3. The molecule has 0 spiro atoms. The number of anilines is 1. The van der Waals surface area contributed by atoms with E-state index in [0.717, 1.165) is 5.13 Å². The first kappa shape index (κ1) is 10.8. The van der Waals surface area contributed by atoms with Crippen molar-refractivity contribution in [3.63, 3.8) is 0 Å². The monoisotopic (exact) mass is 226 g/mol. The molecule has 0 aliphatic heterocycles. The maximum Gasteiger partial charge on any atom is 0.208 e. The van der Waals surface area contributed by atoms with Crippen LogP contribution in [0, 0.1) is 0 Å². The van der Waals surface area contributed by atoms with Gasteiger partial charge < -0.3 is 10.2 Å². The first-order valence-corrected chi connectivity index (χ1v) is 6.35. The minimum Gasteiger partial charge on any atom is -0.347 e. The van der Waals surface area contributed by atoms with Crippen LogP contribution < -0.4 is 10.2 Å². The van der Waals surface area contributed by atoms with E-state index in [2.05, 4.69) is 34.5 Å². The van der Waals surface area contributed by atoms with Crippen LogP contribution in [0.15, 0.2) is 5.51 Å². The Morgan fingerprint density at radius 2 is 2.13 bits per heavy atom. The molecule has 15 heavy (non-hydrogen) atoms. The molecule has 1 aromatic heterocycles. The Morgan fingerprint density at radius 3 is 2.67 bits per heavy atom. The Labute approximate surface area is 94.7 Å². The molecule has 0 unspecified atom stereocenters. The van der Waals surface area contributed by atoms with Gasteiger partial charge in [0, 0.05) is 19.1 Å². The average molecular weight is 226 g/mol. The van der Waals surface area contributed by atoms with Crippen LogP contribution in [-0.4, -0.2) is 36.4 Å². The summed E-state index contributed by atoms with van der Waals surface area (Å²) >= 11 is 1.62. The van der Waals surface area contributed by atoms with E-state index in [1.807, 2.05) is 0 Å². The zero-order chi connectivity index (χ0) is 10.7. The molecule has 4 nitrogen and oxygen atoms in total. The van der Waals surface area contributed by atoms with Gasteiger partial charge in [-0.05, 0) is 32.7 Å². The Bertz CT molecular complexity index is 280. The van der Waals surface area contributed by atoms with Crippen LogP contribution in [0.2, 0.25) is 0 Å². The Balaban J connectivity index is 1.90. The quantitative estimate of drug-likeness (QED) is 0.848. The molecule has 1 heterocycles. The summed E-state index contributed by atoms with van der Waals surface area (Å²) < 4.78 is 0. The molecule has 0 saturated heterocycles. The summed E-state index contributed by atoms with van der Waals surface area (Å²) in [5.41, 5.74) is 1.80. The number of aromatic nitrogens is 2. The van der Waals surface area contributed by atoms with Crippen molar-refractivity contribution in [2.75, 3.05) is 19.0 Å². The third-order valence-electron chi connectivity index (χ3n) is 3.30. The lowest BCUT2D eigenvalue weighted by atomic mass is 9.91. The number of nitrogens with one attached hydrogen (secondary N) is 1. The highest BCUT2D eigenvalue weighted by molar-refractivity contribution is 7.13. The molecule has 0 atom stereocenters. The summed E-state index contributed by atoms with van der Waals surface area (Å²) in [6.45, 7) is 0. The second kappa shape index (κ2) is 4.90. The van der Waals surface area contributed by atoms with Gasteiger partial charge in [-0.3, -0.25) is 0 Å². The van der Waals surface area contributed by atoms with Gasteiger partial charge in [0.25, 0.3) is 0 Å². The molecule has 1 aromatic rings. The fourth-order valence-electron chi connectivity index (χ4n) is 2.23. The van der Waals surface area contributed by atoms with Crippen molar-refractivity contribution in [1.82, 2.24) is 15.5 Å². The Kier molecular flexibility index (Phi) is 3.53. The van der Waals surface area contributed by atoms with Gasteiger partial charge in [-0.15, -0.1) is 10.2 Å². The molecular weight excluding hydrogens is 208 g/mol. The summed E-state index contributed by atoms with van der Waals surface area (Å²) in [7, 11) is 4.18. The predicted octanol–water partition coefficient (Wildman–Crippen LogP) is 1.50. The highest BCUT2D eigenvalue weighted by Gasteiger charge is 2.24. The molecular formula is C10H18N4S. The van der Waals surface area contributed by atoms with Gasteiger partial charge in [-0.2, -0.15) is 0 Å². The van der Waals surface area contributed by atoms with E-state index in [9.17, 15) is 0 Å². The highest BCUT2D eigenvalue weighted by atomic mass is 32.1.